The molecule has 35 heavy (non-hydrogen) atoms. The summed E-state index contributed by atoms with van der Waals surface area (Å²) in [6.07, 6.45) is 14.7. The van der Waals surface area contributed by atoms with E-state index in [1.165, 1.54) is 72.3 Å². The number of carboxylic acid groups (broad SMARTS) is 2. The predicted octanol–water partition coefficient (Wildman–Crippen LogP) is 7.97. The normalized spacial score (nSPS) is 24.6. The van der Waals surface area contributed by atoms with E-state index in [2.05, 4.69) is 26.0 Å². The molecule has 1 unspecified atom stereocenters. The minimum atomic E-state index is -1.06. The summed E-state index contributed by atoms with van der Waals surface area (Å²) in [5, 5.41) is 19.6. The number of carbonyl (C=O) groups is 2. The van der Waals surface area contributed by atoms with Gasteiger partial charge in [0.15, 0.2) is 0 Å². The number of allylic oxidation sites excluding steroid dienone is 5. The number of amides is 2. The van der Waals surface area contributed by atoms with Crippen molar-refractivity contribution in [3.63, 3.8) is 0 Å². The fraction of sp³-hybridized carbons (Fsp3) is 0.680. The molecule has 0 radical (unpaired) electrons. The predicted molar refractivity (Wildman–Crippen MR) is 140 cm³/mol. The van der Waals surface area contributed by atoms with Gasteiger partial charge in [0.1, 0.15) is 5.82 Å². The Kier molecular flexibility index (Phi) is 11.4. The molecule has 2 amide bonds. The second-order valence-electron chi connectivity index (χ2n) is 9.97. The third-order valence-corrected chi connectivity index (χ3v) is 11.6. The first kappa shape index (κ1) is 29.0. The average Bonchev–Trinajstić information content (AvgIpc) is 3.60. The molecule has 1 saturated heterocycles. The first-order valence-corrected chi connectivity index (χ1v) is 18.5. The molecule has 2 N–H and O–H groups in total. The van der Waals surface area contributed by atoms with Crippen LogP contribution in [0.4, 0.5) is 9.59 Å². The second-order valence-corrected chi connectivity index (χ2v) is 15.6. The standard InChI is InChI=1S/C25H37N2O4P.2ClH.Ru/c1-17(2)11-12-20-21(23-26(24(28)29)15-16-27(23)25(30)31)13-14-22(20)32(18-7-3-4-8-18)19-9-5-6-10-19;;;/h11-12,18-19,22H,3-10,13-16H2,1-2H3,(H,28,29)(H,30,31);2*1H;/q;;;+2/p-2. The second kappa shape index (κ2) is 13.8. The zero-order valence-corrected chi connectivity index (χ0v) is 24.7. The molecular weight excluding hydrogens is 595 g/mol. The van der Waals surface area contributed by atoms with E-state index < -0.39 is 12.2 Å². The van der Waals surface area contributed by atoms with Crippen LogP contribution in [0.1, 0.15) is 78.1 Å². The molecule has 1 aliphatic heterocycles. The Morgan fingerprint density at radius 3 is 1.77 bits per heavy atom. The van der Waals surface area contributed by atoms with Crippen molar-refractivity contribution >= 4 is 39.5 Å². The van der Waals surface area contributed by atoms with Gasteiger partial charge in [-0.2, -0.15) is 0 Å². The van der Waals surface area contributed by atoms with Crippen molar-refractivity contribution < 1.29 is 34.9 Å². The summed E-state index contributed by atoms with van der Waals surface area (Å²) < 4.78 is 0. The summed E-state index contributed by atoms with van der Waals surface area (Å²) in [6.45, 7) is 4.57. The van der Waals surface area contributed by atoms with Gasteiger partial charge >= 0.3 is 46.7 Å². The summed E-state index contributed by atoms with van der Waals surface area (Å²) in [7, 11) is 9.51. The number of nitrogens with zero attached hydrogens (tertiary/aromatic N) is 2. The van der Waals surface area contributed by atoms with E-state index in [1.54, 1.807) is 0 Å². The van der Waals surface area contributed by atoms with Gasteiger partial charge in [-0.25, -0.2) is 9.59 Å². The van der Waals surface area contributed by atoms with Crippen LogP contribution >= 0.6 is 27.3 Å². The van der Waals surface area contributed by atoms with Crippen LogP contribution in [0, 0.1) is 0 Å². The van der Waals surface area contributed by atoms with Crippen LogP contribution < -0.4 is 0 Å². The van der Waals surface area contributed by atoms with Crippen LogP contribution in [0.15, 0.2) is 34.7 Å². The molecule has 0 aromatic carbocycles. The van der Waals surface area contributed by atoms with Crippen molar-refractivity contribution in [2.45, 2.75) is 95.0 Å². The van der Waals surface area contributed by atoms with E-state index in [9.17, 15) is 19.8 Å². The molecule has 4 fully saturated rings. The van der Waals surface area contributed by atoms with Crippen molar-refractivity contribution in [1.82, 2.24) is 9.80 Å². The molecule has 198 valence electrons. The van der Waals surface area contributed by atoms with Gasteiger partial charge in [0.25, 0.3) is 0 Å². The number of rotatable bonds is 4. The van der Waals surface area contributed by atoms with Crippen molar-refractivity contribution in [3.05, 3.63) is 34.7 Å². The van der Waals surface area contributed by atoms with Crippen LogP contribution in [0.2, 0.25) is 0 Å². The molecule has 1 heterocycles. The minimum absolute atomic E-state index is 0.198. The summed E-state index contributed by atoms with van der Waals surface area (Å²) in [6, 6.07) is 0. The summed E-state index contributed by atoms with van der Waals surface area (Å²) >= 11 is -0.346. The van der Waals surface area contributed by atoms with Gasteiger partial charge in [0, 0.05) is 18.7 Å². The number of hydrogen-bond donors (Lipinski definition) is 2. The third-order valence-electron chi connectivity index (χ3n) is 7.61. The van der Waals surface area contributed by atoms with Gasteiger partial charge in [0.05, 0.1) is 0 Å². The van der Waals surface area contributed by atoms with Crippen LogP contribution in [0.5, 0.6) is 0 Å². The Balaban J connectivity index is 0.00000108. The molecule has 0 aromatic rings. The summed E-state index contributed by atoms with van der Waals surface area (Å²) in [5.41, 5.74) is 5.47. The zero-order valence-electron chi connectivity index (χ0n) is 20.5. The molecule has 3 aliphatic carbocycles. The van der Waals surface area contributed by atoms with Crippen LogP contribution in [-0.4, -0.2) is 62.3 Å². The van der Waals surface area contributed by atoms with E-state index in [-0.39, 0.29) is 36.2 Å². The molecule has 1 atom stereocenters. The van der Waals surface area contributed by atoms with Crippen LogP contribution in [0.25, 0.3) is 0 Å². The van der Waals surface area contributed by atoms with Crippen molar-refractivity contribution in [2.24, 2.45) is 0 Å². The molecule has 10 heteroatoms. The van der Waals surface area contributed by atoms with Gasteiger partial charge in [0.2, 0.25) is 0 Å². The molecule has 6 nitrogen and oxygen atoms in total. The summed E-state index contributed by atoms with van der Waals surface area (Å²) in [4.78, 5) is 26.5. The Hall–Kier alpha value is -0.607. The zero-order chi connectivity index (χ0) is 25.5. The van der Waals surface area contributed by atoms with Gasteiger partial charge < -0.3 is 10.2 Å². The maximum atomic E-state index is 12.0. The topological polar surface area (TPSA) is 81.1 Å². The van der Waals surface area contributed by atoms with E-state index in [0.717, 1.165) is 29.7 Å². The molecule has 0 aromatic heterocycles. The first-order chi connectivity index (χ1) is 16.8. The van der Waals surface area contributed by atoms with E-state index in [0.29, 0.717) is 11.5 Å². The monoisotopic (exact) mass is 632 g/mol. The van der Waals surface area contributed by atoms with Gasteiger partial charge in [-0.3, -0.25) is 9.80 Å². The quantitative estimate of drug-likeness (QED) is 0.243. The fourth-order valence-corrected chi connectivity index (χ4v) is 10.8. The Labute approximate surface area is 226 Å². The van der Waals surface area contributed by atoms with Gasteiger partial charge in [-0.05, 0) is 74.8 Å². The molecular formula is C25H37Cl2N2O4PRu. The van der Waals surface area contributed by atoms with Gasteiger partial charge in [-0.1, -0.05) is 51.3 Å². The van der Waals surface area contributed by atoms with Crippen LogP contribution in [0.3, 0.4) is 0 Å². The molecule has 3 saturated carbocycles. The fourth-order valence-electron chi connectivity index (χ4n) is 6.27. The molecule has 0 bridgehead atoms. The third kappa shape index (κ3) is 7.04. The van der Waals surface area contributed by atoms with Crippen molar-refractivity contribution in [2.75, 3.05) is 13.1 Å². The number of hydrogen-bond acceptors (Lipinski definition) is 2. The van der Waals surface area contributed by atoms with Gasteiger partial charge in [-0.15, -0.1) is 0 Å². The van der Waals surface area contributed by atoms with Crippen molar-refractivity contribution in [3.8, 4) is 0 Å². The first-order valence-electron chi connectivity index (χ1n) is 12.5. The maximum absolute atomic E-state index is 12.0. The van der Waals surface area contributed by atoms with Crippen LogP contribution in [-0.2, 0) is 15.1 Å². The molecule has 4 rings (SSSR count). The number of halogens is 2. The Morgan fingerprint density at radius 1 is 0.914 bits per heavy atom. The van der Waals surface area contributed by atoms with E-state index in [1.807, 2.05) is 0 Å². The Morgan fingerprint density at radius 2 is 1.37 bits per heavy atom. The summed E-state index contributed by atoms with van der Waals surface area (Å²) in [5.74, 6) is 0.397. The van der Waals surface area contributed by atoms with E-state index in [4.69, 9.17) is 19.4 Å². The molecule has 0 spiro atoms. The Bertz CT molecular complexity index is 826. The SMILES string of the molecule is CC(C)=CC=C1C(=C2N(C(=O)O)CCN2C(=O)O)CCC1P(C1CCCC1)C1CCCC1.[Cl][Ru][Cl]. The molecule has 4 aliphatic rings. The van der Waals surface area contributed by atoms with Crippen molar-refractivity contribution in [1.29, 1.82) is 0 Å². The average molecular weight is 633 g/mol. The van der Waals surface area contributed by atoms with E-state index >= 15 is 0 Å².